The third-order valence-corrected chi connectivity index (χ3v) is 7.04. The summed E-state index contributed by atoms with van der Waals surface area (Å²) in [5, 5.41) is -0.160. The first-order chi connectivity index (χ1) is 11.4. The molecule has 0 radical (unpaired) electrons. The lowest BCUT2D eigenvalue weighted by Crippen LogP contribution is -2.17. The number of methoxy groups -OCH3 is 1. The van der Waals surface area contributed by atoms with Gasteiger partial charge in [0.25, 0.3) is 0 Å². The van der Waals surface area contributed by atoms with Crippen molar-refractivity contribution in [3.63, 3.8) is 0 Å². The molecule has 0 aliphatic heterocycles. The Morgan fingerprint density at radius 2 is 1.71 bits per heavy atom. The highest BCUT2D eigenvalue weighted by Crippen LogP contribution is 2.54. The molecule has 7 heteroatoms. The maximum absolute atomic E-state index is 12.9. The second-order valence-electron chi connectivity index (χ2n) is 5.69. The van der Waals surface area contributed by atoms with Gasteiger partial charge in [0.15, 0.2) is 9.84 Å². The van der Waals surface area contributed by atoms with Crippen LogP contribution in [0.1, 0.15) is 11.5 Å². The summed E-state index contributed by atoms with van der Waals surface area (Å²) in [6.07, 6.45) is 0. The van der Waals surface area contributed by atoms with Gasteiger partial charge in [0.1, 0.15) is 5.75 Å². The smallest absolute Gasteiger partial charge is 0.182 e. The summed E-state index contributed by atoms with van der Waals surface area (Å²) in [6, 6.07) is 13.5. The Bertz CT molecular complexity index is 864. The maximum Gasteiger partial charge on any atom is 0.182 e. The third-order valence-electron chi connectivity index (χ3n) is 4.28. The van der Waals surface area contributed by atoms with Gasteiger partial charge >= 0.3 is 0 Å². The Balaban J connectivity index is 1.96. The van der Waals surface area contributed by atoms with Crippen molar-refractivity contribution in [3.8, 4) is 5.75 Å². The lowest BCUT2D eigenvalue weighted by atomic mass is 10.1. The summed E-state index contributed by atoms with van der Waals surface area (Å²) in [5.74, 6) is 0.103. The number of rotatable bonds is 5. The summed E-state index contributed by atoms with van der Waals surface area (Å²) < 4.78 is 31.0. The van der Waals surface area contributed by atoms with E-state index in [4.69, 9.17) is 34.3 Å². The fraction of sp³-hybridized carbons (Fsp3) is 0.235. The van der Waals surface area contributed by atoms with Crippen LogP contribution in [0.5, 0.6) is 5.75 Å². The van der Waals surface area contributed by atoms with Crippen LogP contribution >= 0.6 is 23.8 Å². The number of sulfone groups is 1. The van der Waals surface area contributed by atoms with E-state index < -0.39 is 15.1 Å². The molecule has 2 aromatic carbocycles. The van der Waals surface area contributed by atoms with Gasteiger partial charge in [-0.25, -0.2) is 8.42 Å². The number of thiocarbonyl (C=S) groups is 1. The number of halogens is 1. The van der Waals surface area contributed by atoms with Gasteiger partial charge in [-0.1, -0.05) is 36.0 Å². The van der Waals surface area contributed by atoms with Gasteiger partial charge in [0.05, 0.1) is 22.2 Å². The number of hydrogen-bond donors (Lipinski definition) is 1. The van der Waals surface area contributed by atoms with Crippen LogP contribution < -0.4 is 10.5 Å². The molecule has 126 valence electrons. The van der Waals surface area contributed by atoms with Crippen LogP contribution in [0.4, 0.5) is 0 Å². The highest BCUT2D eigenvalue weighted by atomic mass is 35.5. The Morgan fingerprint density at radius 3 is 2.21 bits per heavy atom. The molecule has 1 aliphatic carbocycles. The summed E-state index contributed by atoms with van der Waals surface area (Å²) >= 11 is 10.9. The predicted molar refractivity (Wildman–Crippen MR) is 98.4 cm³/mol. The van der Waals surface area contributed by atoms with Gasteiger partial charge in [-0.2, -0.15) is 0 Å². The van der Waals surface area contributed by atoms with Crippen molar-refractivity contribution in [1.82, 2.24) is 0 Å². The van der Waals surface area contributed by atoms with Crippen LogP contribution in [-0.2, 0) is 9.84 Å². The van der Waals surface area contributed by atoms with Crippen LogP contribution in [0.2, 0.25) is 5.02 Å². The Morgan fingerprint density at radius 1 is 1.12 bits per heavy atom. The number of benzene rings is 2. The number of nitrogens with two attached hydrogens (primary N) is 1. The Labute approximate surface area is 151 Å². The van der Waals surface area contributed by atoms with Crippen LogP contribution in [0.25, 0.3) is 0 Å². The molecule has 0 saturated heterocycles. The summed E-state index contributed by atoms with van der Waals surface area (Å²) in [6.45, 7) is 0. The van der Waals surface area contributed by atoms with Gasteiger partial charge in [0.2, 0.25) is 0 Å². The van der Waals surface area contributed by atoms with Crippen LogP contribution in [0.3, 0.4) is 0 Å². The van der Waals surface area contributed by atoms with E-state index >= 15 is 0 Å². The highest BCUT2D eigenvalue weighted by molar-refractivity contribution is 7.92. The van der Waals surface area contributed by atoms with Crippen LogP contribution in [0.15, 0.2) is 53.4 Å². The molecule has 1 fully saturated rings. The quantitative estimate of drug-likeness (QED) is 0.805. The topological polar surface area (TPSA) is 69.4 Å². The first-order valence-electron chi connectivity index (χ1n) is 7.29. The minimum Gasteiger partial charge on any atom is -0.497 e. The minimum atomic E-state index is -3.55. The first kappa shape index (κ1) is 17.2. The zero-order chi connectivity index (χ0) is 17.5. The molecule has 0 bridgehead atoms. The number of hydrogen-bond acceptors (Lipinski definition) is 4. The SMILES string of the molecule is COc1ccc([C@@H]2[C@@H](C(N)=S)[C@@H]2S(=O)(=O)c2ccc(Cl)cc2)cc1. The van der Waals surface area contributed by atoms with Crippen molar-refractivity contribution in [1.29, 1.82) is 0 Å². The van der Waals surface area contributed by atoms with Crippen molar-refractivity contribution in [2.75, 3.05) is 7.11 Å². The molecule has 1 aliphatic rings. The van der Waals surface area contributed by atoms with Crippen molar-refractivity contribution in [2.24, 2.45) is 11.7 Å². The summed E-state index contributed by atoms with van der Waals surface area (Å²) in [4.78, 5) is 0.451. The molecule has 0 spiro atoms. The van der Waals surface area contributed by atoms with Crippen molar-refractivity contribution in [3.05, 3.63) is 59.1 Å². The Hall–Kier alpha value is -1.63. The molecule has 0 aromatic heterocycles. The second kappa shape index (κ2) is 6.35. The van der Waals surface area contributed by atoms with E-state index in [9.17, 15) is 8.42 Å². The van der Waals surface area contributed by atoms with E-state index in [1.54, 1.807) is 31.4 Å². The highest BCUT2D eigenvalue weighted by Gasteiger charge is 2.60. The van der Waals surface area contributed by atoms with E-state index in [1.807, 2.05) is 12.1 Å². The first-order valence-corrected chi connectivity index (χ1v) is 9.62. The van der Waals surface area contributed by atoms with Gasteiger partial charge in [-0.05, 0) is 42.0 Å². The van der Waals surface area contributed by atoms with Gasteiger partial charge in [-0.15, -0.1) is 0 Å². The average Bonchev–Trinajstić information content (AvgIpc) is 3.32. The molecule has 2 N–H and O–H groups in total. The lowest BCUT2D eigenvalue weighted by Gasteiger charge is -2.05. The molecule has 0 amide bonds. The molecular formula is C17H16ClNO3S2. The number of ether oxygens (including phenoxy) is 1. The zero-order valence-corrected chi connectivity index (χ0v) is 15.2. The summed E-state index contributed by atoms with van der Waals surface area (Å²) in [7, 11) is -1.97. The van der Waals surface area contributed by atoms with E-state index in [0.717, 1.165) is 5.56 Å². The van der Waals surface area contributed by atoms with Gasteiger partial charge < -0.3 is 10.5 Å². The standard InChI is InChI=1S/C17H16ClNO3S2/c1-22-12-6-2-10(3-7-12)14-15(17(19)23)16(14)24(20,21)13-8-4-11(18)5-9-13/h2-9,14-16H,1H3,(H2,19,23)/t14-,15-,16-/m1/s1. The van der Waals surface area contributed by atoms with Crippen molar-refractivity contribution < 1.29 is 13.2 Å². The van der Waals surface area contributed by atoms with E-state index in [1.165, 1.54) is 12.1 Å². The molecule has 0 unspecified atom stereocenters. The molecule has 3 rings (SSSR count). The monoisotopic (exact) mass is 381 g/mol. The third kappa shape index (κ3) is 3.01. The minimum absolute atomic E-state index is 0.221. The second-order valence-corrected chi connectivity index (χ2v) is 8.70. The molecule has 0 heterocycles. The largest absolute Gasteiger partial charge is 0.497 e. The van der Waals surface area contributed by atoms with E-state index in [-0.39, 0.29) is 21.7 Å². The maximum atomic E-state index is 12.9. The normalized spacial score (nSPS) is 22.8. The van der Waals surface area contributed by atoms with Gasteiger partial charge in [-0.3, -0.25) is 0 Å². The predicted octanol–water partition coefficient (Wildman–Crippen LogP) is 3.19. The van der Waals surface area contributed by atoms with E-state index in [0.29, 0.717) is 10.8 Å². The summed E-state index contributed by atoms with van der Waals surface area (Å²) in [5.41, 5.74) is 6.68. The van der Waals surface area contributed by atoms with Gasteiger partial charge in [0, 0.05) is 16.9 Å². The van der Waals surface area contributed by atoms with Crippen molar-refractivity contribution in [2.45, 2.75) is 16.1 Å². The molecule has 4 nitrogen and oxygen atoms in total. The molecule has 24 heavy (non-hydrogen) atoms. The van der Waals surface area contributed by atoms with E-state index in [2.05, 4.69) is 0 Å². The van der Waals surface area contributed by atoms with Crippen LogP contribution in [0, 0.1) is 5.92 Å². The van der Waals surface area contributed by atoms with Crippen LogP contribution in [-0.4, -0.2) is 25.8 Å². The lowest BCUT2D eigenvalue weighted by molar-refractivity contribution is 0.414. The molecular weight excluding hydrogens is 366 g/mol. The fourth-order valence-electron chi connectivity index (χ4n) is 3.01. The zero-order valence-electron chi connectivity index (χ0n) is 12.8. The van der Waals surface area contributed by atoms with Crippen molar-refractivity contribution >= 4 is 38.6 Å². The molecule has 1 saturated carbocycles. The molecule has 3 atom stereocenters. The Kier molecular flexibility index (Phi) is 4.55. The molecule has 2 aromatic rings. The average molecular weight is 382 g/mol. The fourth-order valence-corrected chi connectivity index (χ4v) is 5.67.